The first kappa shape index (κ1) is 31.2. The van der Waals surface area contributed by atoms with E-state index < -0.39 is 5.97 Å². The van der Waals surface area contributed by atoms with E-state index in [0.29, 0.717) is 11.4 Å². The number of carboxylic acid groups (broad SMARTS) is 1. The van der Waals surface area contributed by atoms with Crippen LogP contribution in [0.25, 0.3) is 20.9 Å². The number of hydrogen-bond acceptors (Lipinski definition) is 6. The van der Waals surface area contributed by atoms with Crippen molar-refractivity contribution in [2.75, 3.05) is 39.4 Å². The van der Waals surface area contributed by atoms with Crippen LogP contribution in [-0.4, -0.2) is 61.3 Å². The zero-order valence-corrected chi connectivity index (χ0v) is 25.6. The molecule has 2 N–H and O–H groups in total. The molecule has 0 aliphatic carbocycles. The molecule has 4 aromatic rings. The van der Waals surface area contributed by atoms with E-state index >= 15 is 0 Å². The average molecular weight is 632 g/mol. The molecule has 5 rings (SSSR count). The van der Waals surface area contributed by atoms with Crippen molar-refractivity contribution in [1.82, 2.24) is 10.2 Å². The molecule has 0 atom stereocenters. The third kappa shape index (κ3) is 10.6. The van der Waals surface area contributed by atoms with Gasteiger partial charge in [-0.15, -0.1) is 22.7 Å². The van der Waals surface area contributed by atoms with Gasteiger partial charge in [0, 0.05) is 49.2 Å². The first-order chi connectivity index (χ1) is 19.9. The van der Waals surface area contributed by atoms with Gasteiger partial charge in [-0.05, 0) is 72.6 Å². The fraction of sp³-hybridized carbons (Fsp3) is 0.290. The molecule has 1 aliphatic heterocycles. The first-order valence-electron chi connectivity index (χ1n) is 13.3. The summed E-state index contributed by atoms with van der Waals surface area (Å²) in [6.07, 6.45) is 1.50. The second-order valence-electron chi connectivity index (χ2n) is 9.45. The second-order valence-corrected chi connectivity index (χ2v) is 12.7. The Morgan fingerprint density at radius 1 is 0.780 bits per heavy atom. The number of morpholine rings is 1. The molecule has 41 heavy (non-hydrogen) atoms. The zero-order valence-electron chi connectivity index (χ0n) is 22.5. The number of rotatable bonds is 10. The molecule has 6 nitrogen and oxygen atoms in total. The van der Waals surface area contributed by atoms with Crippen molar-refractivity contribution in [2.24, 2.45) is 0 Å². The van der Waals surface area contributed by atoms with Crippen LogP contribution < -0.4 is 5.32 Å². The maximum Gasteiger partial charge on any atom is 0.308 e. The van der Waals surface area contributed by atoms with Crippen LogP contribution in [0, 0.1) is 0 Å². The molecule has 1 amide bonds. The van der Waals surface area contributed by atoms with E-state index in [9.17, 15) is 9.59 Å². The molecule has 3 heterocycles. The summed E-state index contributed by atoms with van der Waals surface area (Å²) < 4.78 is 5.33. The topological polar surface area (TPSA) is 78.9 Å². The highest BCUT2D eigenvalue weighted by Crippen LogP contribution is 2.30. The predicted octanol–water partition coefficient (Wildman–Crippen LogP) is 7.15. The van der Waals surface area contributed by atoms with Crippen molar-refractivity contribution in [3.63, 3.8) is 0 Å². The largest absolute Gasteiger partial charge is 0.481 e. The maximum atomic E-state index is 12.1. The molecule has 1 fully saturated rings. The number of carboxylic acids is 1. The van der Waals surface area contributed by atoms with Gasteiger partial charge in [-0.2, -0.15) is 0 Å². The Kier molecular flexibility index (Phi) is 12.2. The minimum atomic E-state index is -0.801. The lowest BCUT2D eigenvalue weighted by Crippen LogP contribution is -2.38. The van der Waals surface area contributed by atoms with E-state index in [1.807, 2.05) is 66.7 Å². The standard InChI is InChI=1S/C19H23ClN2O2S.C12H9ClO2S/c20-16-4-2-15(3-5-16)18-7-6-17(25-18)14-19(23)21-8-1-9-22-10-12-24-13-11-22;13-9-3-1-8(2-4-9)11-6-5-10(16-11)7-12(14)15/h2-7H,1,8-14H2,(H,21,23);1-6H,7H2,(H,14,15). The Morgan fingerprint density at radius 3 is 1.80 bits per heavy atom. The van der Waals surface area contributed by atoms with E-state index in [4.69, 9.17) is 33.0 Å². The van der Waals surface area contributed by atoms with Crippen molar-refractivity contribution in [3.8, 4) is 20.9 Å². The van der Waals surface area contributed by atoms with Crippen LogP contribution >= 0.6 is 45.9 Å². The summed E-state index contributed by atoms with van der Waals surface area (Å²) in [5.41, 5.74) is 2.19. The molecule has 1 saturated heterocycles. The number of aliphatic carboxylic acids is 1. The van der Waals surface area contributed by atoms with Gasteiger partial charge >= 0.3 is 5.97 Å². The van der Waals surface area contributed by atoms with Gasteiger partial charge in [0.05, 0.1) is 26.1 Å². The van der Waals surface area contributed by atoms with E-state index in [-0.39, 0.29) is 12.3 Å². The minimum absolute atomic E-state index is 0.0816. The summed E-state index contributed by atoms with van der Waals surface area (Å²) in [6.45, 7) is 5.38. The summed E-state index contributed by atoms with van der Waals surface area (Å²) in [5, 5.41) is 13.1. The summed E-state index contributed by atoms with van der Waals surface area (Å²) in [7, 11) is 0. The summed E-state index contributed by atoms with van der Waals surface area (Å²) in [4.78, 5) is 29.2. The van der Waals surface area contributed by atoms with Gasteiger partial charge in [0.25, 0.3) is 0 Å². The predicted molar refractivity (Wildman–Crippen MR) is 169 cm³/mol. The number of ether oxygens (including phenoxy) is 1. The van der Waals surface area contributed by atoms with Gasteiger partial charge in [0.15, 0.2) is 0 Å². The number of carbonyl (C=O) groups is 2. The van der Waals surface area contributed by atoms with Crippen molar-refractivity contribution in [3.05, 3.63) is 92.6 Å². The Balaban J connectivity index is 0.000000208. The number of thiophene rings is 2. The molecule has 0 spiro atoms. The highest BCUT2D eigenvalue weighted by Gasteiger charge is 2.11. The molecule has 0 saturated carbocycles. The summed E-state index contributed by atoms with van der Waals surface area (Å²) in [6, 6.07) is 23.2. The second kappa shape index (κ2) is 16.1. The smallest absolute Gasteiger partial charge is 0.308 e. The number of benzene rings is 2. The Bertz CT molecular complexity index is 1400. The molecular formula is C31H32Cl2N2O4S2. The number of carbonyl (C=O) groups excluding carboxylic acids is 1. The van der Waals surface area contributed by atoms with E-state index in [2.05, 4.69) is 16.3 Å². The van der Waals surface area contributed by atoms with Gasteiger partial charge in [-0.25, -0.2) is 0 Å². The fourth-order valence-corrected chi connectivity index (χ4v) is 6.48. The number of nitrogens with one attached hydrogen (secondary N) is 1. The van der Waals surface area contributed by atoms with Gasteiger partial charge in [-0.1, -0.05) is 47.5 Å². The quantitative estimate of drug-likeness (QED) is 0.182. The van der Waals surface area contributed by atoms with Crippen LogP contribution in [0.5, 0.6) is 0 Å². The highest BCUT2D eigenvalue weighted by molar-refractivity contribution is 7.15. The third-order valence-electron chi connectivity index (χ3n) is 6.32. The van der Waals surface area contributed by atoms with Crippen LogP contribution in [0.3, 0.4) is 0 Å². The summed E-state index contributed by atoms with van der Waals surface area (Å²) >= 11 is 14.9. The Labute approximate surface area is 258 Å². The molecule has 0 radical (unpaired) electrons. The van der Waals surface area contributed by atoms with Gasteiger partial charge in [0.2, 0.25) is 5.91 Å². The monoisotopic (exact) mass is 630 g/mol. The molecule has 2 aromatic heterocycles. The summed E-state index contributed by atoms with van der Waals surface area (Å²) in [5.74, 6) is -0.712. The van der Waals surface area contributed by atoms with Crippen LogP contribution in [0.2, 0.25) is 10.0 Å². The Hall–Kier alpha value is -2.72. The number of amides is 1. The number of nitrogens with zero attached hydrogens (tertiary/aromatic N) is 1. The molecule has 0 unspecified atom stereocenters. The lowest BCUT2D eigenvalue weighted by Gasteiger charge is -2.26. The van der Waals surface area contributed by atoms with Gasteiger partial charge < -0.3 is 15.2 Å². The van der Waals surface area contributed by atoms with Crippen LogP contribution in [-0.2, 0) is 27.2 Å². The van der Waals surface area contributed by atoms with Crippen LogP contribution in [0.4, 0.5) is 0 Å². The van der Waals surface area contributed by atoms with Crippen LogP contribution in [0.15, 0.2) is 72.8 Å². The molecule has 10 heteroatoms. The Morgan fingerprint density at radius 2 is 1.29 bits per heavy atom. The van der Waals surface area contributed by atoms with Gasteiger partial charge in [-0.3, -0.25) is 14.5 Å². The molecule has 1 aliphatic rings. The average Bonchev–Trinajstić information content (AvgIpc) is 3.62. The van der Waals surface area contributed by atoms with E-state index in [1.54, 1.807) is 11.3 Å². The van der Waals surface area contributed by atoms with Crippen molar-refractivity contribution in [2.45, 2.75) is 19.3 Å². The van der Waals surface area contributed by atoms with E-state index in [1.165, 1.54) is 11.3 Å². The van der Waals surface area contributed by atoms with Crippen molar-refractivity contribution in [1.29, 1.82) is 0 Å². The zero-order chi connectivity index (χ0) is 29.0. The van der Waals surface area contributed by atoms with Gasteiger partial charge in [0.1, 0.15) is 0 Å². The SMILES string of the molecule is O=C(Cc1ccc(-c2ccc(Cl)cc2)s1)NCCCN1CCOCC1.O=C(O)Cc1ccc(-c2ccc(Cl)cc2)s1. The molecule has 2 aromatic carbocycles. The molecular weight excluding hydrogens is 599 g/mol. The fourth-order valence-electron chi connectivity index (χ4n) is 4.21. The third-order valence-corrected chi connectivity index (χ3v) is 9.09. The first-order valence-corrected chi connectivity index (χ1v) is 15.7. The highest BCUT2D eigenvalue weighted by atomic mass is 35.5. The maximum absolute atomic E-state index is 12.1. The minimum Gasteiger partial charge on any atom is -0.481 e. The molecule has 216 valence electrons. The number of halogens is 2. The van der Waals surface area contributed by atoms with Crippen molar-refractivity contribution < 1.29 is 19.4 Å². The molecule has 0 bridgehead atoms. The lowest BCUT2D eigenvalue weighted by atomic mass is 10.2. The van der Waals surface area contributed by atoms with Crippen molar-refractivity contribution >= 4 is 57.8 Å². The van der Waals surface area contributed by atoms with E-state index in [0.717, 1.165) is 81.5 Å². The normalized spacial score (nSPS) is 13.3. The lowest BCUT2D eigenvalue weighted by molar-refractivity contribution is -0.136. The number of hydrogen-bond donors (Lipinski definition) is 2. The van der Waals surface area contributed by atoms with Crippen LogP contribution in [0.1, 0.15) is 16.2 Å².